The topological polar surface area (TPSA) is 113 Å². The van der Waals surface area contributed by atoms with Crippen molar-refractivity contribution in [2.45, 2.75) is 19.9 Å². The van der Waals surface area contributed by atoms with E-state index in [9.17, 15) is 19.2 Å². The highest BCUT2D eigenvalue weighted by Crippen LogP contribution is 2.11. The van der Waals surface area contributed by atoms with Gasteiger partial charge in [0.15, 0.2) is 6.61 Å². The lowest BCUT2D eigenvalue weighted by atomic mass is 10.1. The summed E-state index contributed by atoms with van der Waals surface area (Å²) in [6, 6.07) is 15.8. The van der Waals surface area contributed by atoms with Gasteiger partial charge in [-0.2, -0.15) is 0 Å². The standard InChI is InChI=1S/C23H23N3O5/c1-3-15-9-11-17(12-10-15)22(29)31-14-18(27)19-20(24)26(23(30)25(2)21(19)28)13-16-7-5-4-6-8-16/h4-12H,3,13-14,24H2,1-2H3. The van der Waals surface area contributed by atoms with Gasteiger partial charge in [0.25, 0.3) is 5.56 Å². The second-order valence-corrected chi connectivity index (χ2v) is 7.03. The Kier molecular flexibility index (Phi) is 6.49. The Morgan fingerprint density at radius 2 is 1.61 bits per heavy atom. The molecular weight excluding hydrogens is 398 g/mol. The van der Waals surface area contributed by atoms with Gasteiger partial charge in [-0.15, -0.1) is 0 Å². The fourth-order valence-electron chi connectivity index (χ4n) is 3.13. The molecule has 0 fully saturated rings. The number of benzene rings is 2. The first-order valence-electron chi connectivity index (χ1n) is 9.76. The number of Topliss-reactive ketones (excluding diaryl/α,β-unsaturated/α-hetero) is 1. The molecule has 0 saturated heterocycles. The molecule has 0 amide bonds. The Morgan fingerprint density at radius 3 is 2.23 bits per heavy atom. The highest BCUT2D eigenvalue weighted by Gasteiger charge is 2.23. The van der Waals surface area contributed by atoms with Crippen LogP contribution in [-0.4, -0.2) is 27.5 Å². The number of aryl methyl sites for hydroxylation is 1. The number of carbonyl (C=O) groups is 2. The van der Waals surface area contributed by atoms with E-state index >= 15 is 0 Å². The summed E-state index contributed by atoms with van der Waals surface area (Å²) in [6.07, 6.45) is 0.828. The minimum absolute atomic E-state index is 0.0868. The number of hydrogen-bond donors (Lipinski definition) is 1. The molecule has 3 rings (SSSR count). The average molecular weight is 421 g/mol. The van der Waals surface area contributed by atoms with Gasteiger partial charge in [-0.25, -0.2) is 9.59 Å². The molecule has 0 aliphatic heterocycles. The number of ether oxygens (including phenoxy) is 1. The minimum Gasteiger partial charge on any atom is -0.454 e. The molecule has 3 aromatic rings. The molecule has 1 aromatic heterocycles. The maximum absolute atomic E-state index is 12.7. The van der Waals surface area contributed by atoms with Crippen LogP contribution in [0.1, 0.15) is 38.8 Å². The van der Waals surface area contributed by atoms with Crippen LogP contribution in [-0.2, 0) is 24.8 Å². The molecule has 8 heteroatoms. The van der Waals surface area contributed by atoms with Gasteiger partial charge in [-0.1, -0.05) is 49.4 Å². The first-order valence-corrected chi connectivity index (χ1v) is 9.76. The van der Waals surface area contributed by atoms with Crippen LogP contribution in [0.25, 0.3) is 0 Å². The third-order valence-electron chi connectivity index (χ3n) is 4.98. The smallest absolute Gasteiger partial charge is 0.338 e. The molecule has 1 heterocycles. The SMILES string of the molecule is CCc1ccc(C(=O)OCC(=O)c2c(N)n(Cc3ccccc3)c(=O)n(C)c2=O)cc1. The van der Waals surface area contributed by atoms with Crippen molar-refractivity contribution in [1.82, 2.24) is 9.13 Å². The number of esters is 1. The van der Waals surface area contributed by atoms with Gasteiger partial charge < -0.3 is 10.5 Å². The van der Waals surface area contributed by atoms with Crippen molar-refractivity contribution in [3.05, 3.63) is 97.7 Å². The lowest BCUT2D eigenvalue weighted by molar-refractivity contribution is 0.0474. The predicted octanol–water partition coefficient (Wildman–Crippen LogP) is 1.78. The Morgan fingerprint density at radius 1 is 0.968 bits per heavy atom. The largest absolute Gasteiger partial charge is 0.454 e. The molecule has 0 aliphatic rings. The number of rotatable bonds is 7. The summed E-state index contributed by atoms with van der Waals surface area (Å²) >= 11 is 0. The molecule has 0 aliphatic carbocycles. The summed E-state index contributed by atoms with van der Waals surface area (Å²) in [7, 11) is 1.27. The molecule has 0 atom stereocenters. The number of nitrogens with two attached hydrogens (primary N) is 1. The normalized spacial score (nSPS) is 10.6. The highest BCUT2D eigenvalue weighted by atomic mass is 16.5. The van der Waals surface area contributed by atoms with E-state index in [0.29, 0.717) is 5.56 Å². The number of anilines is 1. The molecule has 0 saturated carbocycles. The molecule has 2 aromatic carbocycles. The van der Waals surface area contributed by atoms with Crippen LogP contribution < -0.4 is 17.0 Å². The number of ketones is 1. The molecular formula is C23H23N3O5. The Labute approximate surface area is 178 Å². The van der Waals surface area contributed by atoms with E-state index in [0.717, 1.165) is 26.7 Å². The predicted molar refractivity (Wildman–Crippen MR) is 116 cm³/mol. The fraction of sp³-hybridized carbons (Fsp3) is 0.217. The molecule has 8 nitrogen and oxygen atoms in total. The van der Waals surface area contributed by atoms with Crippen molar-refractivity contribution in [3.63, 3.8) is 0 Å². The Hall–Kier alpha value is -3.94. The number of aromatic nitrogens is 2. The second kappa shape index (κ2) is 9.25. The van der Waals surface area contributed by atoms with Crippen molar-refractivity contribution in [2.75, 3.05) is 12.3 Å². The van der Waals surface area contributed by atoms with Crippen molar-refractivity contribution < 1.29 is 14.3 Å². The van der Waals surface area contributed by atoms with E-state index in [1.54, 1.807) is 48.5 Å². The van der Waals surface area contributed by atoms with E-state index < -0.39 is 29.6 Å². The fourth-order valence-corrected chi connectivity index (χ4v) is 3.13. The summed E-state index contributed by atoms with van der Waals surface area (Å²) in [5, 5.41) is 0. The van der Waals surface area contributed by atoms with Crippen LogP contribution in [0, 0.1) is 0 Å². The number of nitrogen functional groups attached to an aromatic ring is 1. The van der Waals surface area contributed by atoms with Crippen LogP contribution in [0.5, 0.6) is 0 Å². The van der Waals surface area contributed by atoms with Gasteiger partial charge in [0, 0.05) is 7.05 Å². The van der Waals surface area contributed by atoms with E-state index in [1.165, 1.54) is 7.05 Å². The van der Waals surface area contributed by atoms with Crippen LogP contribution in [0.3, 0.4) is 0 Å². The van der Waals surface area contributed by atoms with Gasteiger partial charge in [0.05, 0.1) is 12.1 Å². The molecule has 31 heavy (non-hydrogen) atoms. The van der Waals surface area contributed by atoms with Gasteiger partial charge in [-0.3, -0.25) is 18.7 Å². The van der Waals surface area contributed by atoms with Crippen LogP contribution in [0.4, 0.5) is 5.82 Å². The van der Waals surface area contributed by atoms with Crippen LogP contribution >= 0.6 is 0 Å². The van der Waals surface area contributed by atoms with Crippen LogP contribution in [0.15, 0.2) is 64.2 Å². The molecule has 0 spiro atoms. The quantitative estimate of drug-likeness (QED) is 0.460. The van der Waals surface area contributed by atoms with Crippen molar-refractivity contribution in [1.29, 1.82) is 0 Å². The van der Waals surface area contributed by atoms with Crippen molar-refractivity contribution in [2.24, 2.45) is 7.05 Å². The highest BCUT2D eigenvalue weighted by molar-refractivity contribution is 6.02. The zero-order valence-corrected chi connectivity index (χ0v) is 17.3. The number of hydrogen-bond acceptors (Lipinski definition) is 6. The third-order valence-corrected chi connectivity index (χ3v) is 4.98. The zero-order chi connectivity index (χ0) is 22.5. The van der Waals surface area contributed by atoms with E-state index in [4.69, 9.17) is 10.5 Å². The van der Waals surface area contributed by atoms with E-state index in [2.05, 4.69) is 0 Å². The van der Waals surface area contributed by atoms with Gasteiger partial charge in [0.1, 0.15) is 11.4 Å². The first kappa shape index (κ1) is 21.8. The van der Waals surface area contributed by atoms with Crippen molar-refractivity contribution >= 4 is 17.6 Å². The van der Waals surface area contributed by atoms with Gasteiger partial charge in [-0.05, 0) is 29.7 Å². The average Bonchev–Trinajstić information content (AvgIpc) is 2.79. The van der Waals surface area contributed by atoms with Crippen LogP contribution in [0.2, 0.25) is 0 Å². The molecule has 0 bridgehead atoms. The zero-order valence-electron chi connectivity index (χ0n) is 17.3. The maximum atomic E-state index is 12.7. The molecule has 0 radical (unpaired) electrons. The molecule has 0 unspecified atom stereocenters. The van der Waals surface area contributed by atoms with Crippen molar-refractivity contribution in [3.8, 4) is 0 Å². The number of nitrogens with zero attached hydrogens (tertiary/aromatic N) is 2. The Bertz CT molecular complexity index is 1230. The maximum Gasteiger partial charge on any atom is 0.338 e. The third kappa shape index (κ3) is 4.63. The summed E-state index contributed by atoms with van der Waals surface area (Å²) in [5.74, 6) is -1.73. The van der Waals surface area contributed by atoms with E-state index in [1.807, 2.05) is 13.0 Å². The lowest BCUT2D eigenvalue weighted by Gasteiger charge is -2.14. The van der Waals surface area contributed by atoms with Gasteiger partial charge in [0.2, 0.25) is 5.78 Å². The van der Waals surface area contributed by atoms with E-state index in [-0.39, 0.29) is 17.9 Å². The summed E-state index contributed by atoms with van der Waals surface area (Å²) in [6.45, 7) is 1.41. The first-order chi connectivity index (χ1) is 14.8. The lowest BCUT2D eigenvalue weighted by Crippen LogP contribution is -2.43. The summed E-state index contributed by atoms with van der Waals surface area (Å²) in [4.78, 5) is 50.0. The molecule has 160 valence electrons. The summed E-state index contributed by atoms with van der Waals surface area (Å²) in [5.41, 5.74) is 6.31. The minimum atomic E-state index is -0.833. The van der Waals surface area contributed by atoms with Gasteiger partial charge >= 0.3 is 11.7 Å². The molecule has 2 N–H and O–H groups in total. The monoisotopic (exact) mass is 421 g/mol. The number of carbonyl (C=O) groups excluding carboxylic acids is 2. The second-order valence-electron chi connectivity index (χ2n) is 7.03. The Balaban J connectivity index is 1.85. The summed E-state index contributed by atoms with van der Waals surface area (Å²) < 4.78 is 7.04.